The Morgan fingerprint density at radius 1 is 0.609 bits per heavy atom. The van der Waals surface area contributed by atoms with Crippen LogP contribution in [-0.4, -0.2) is 9.97 Å². The van der Waals surface area contributed by atoms with Crippen LogP contribution in [0.2, 0.25) is 0 Å². The maximum atomic E-state index is 4.59. The van der Waals surface area contributed by atoms with Gasteiger partial charge in [0.1, 0.15) is 5.82 Å². The maximum Gasteiger partial charge on any atom is 0.125 e. The van der Waals surface area contributed by atoms with Crippen LogP contribution in [0.15, 0.2) is 66.7 Å². The molecule has 2 aromatic carbocycles. The average Bonchev–Trinajstić information content (AvgIpc) is 2.60. The van der Waals surface area contributed by atoms with E-state index >= 15 is 0 Å². The van der Waals surface area contributed by atoms with Crippen LogP contribution >= 0.6 is 0 Å². The average molecular weight is 302 g/mol. The van der Waals surface area contributed by atoms with Crippen LogP contribution < -0.4 is 0 Å². The zero-order chi connectivity index (χ0) is 15.9. The molecule has 3 rings (SSSR count). The SMILES string of the molecule is Cc1nc(CCc2ccccc2)cc(CCc2ccccc2)n1. The summed E-state index contributed by atoms with van der Waals surface area (Å²) >= 11 is 0. The van der Waals surface area contributed by atoms with E-state index in [9.17, 15) is 0 Å². The fraction of sp³-hybridized carbons (Fsp3) is 0.238. The van der Waals surface area contributed by atoms with Crippen molar-refractivity contribution in [1.29, 1.82) is 0 Å². The van der Waals surface area contributed by atoms with E-state index < -0.39 is 0 Å². The number of aromatic nitrogens is 2. The number of nitrogens with zero attached hydrogens (tertiary/aromatic N) is 2. The third kappa shape index (κ3) is 4.75. The van der Waals surface area contributed by atoms with Crippen LogP contribution in [-0.2, 0) is 25.7 Å². The third-order valence-electron chi connectivity index (χ3n) is 3.97. The van der Waals surface area contributed by atoms with Crippen molar-refractivity contribution in [1.82, 2.24) is 9.97 Å². The Hall–Kier alpha value is -2.48. The van der Waals surface area contributed by atoms with Crippen LogP contribution in [0.25, 0.3) is 0 Å². The normalized spacial score (nSPS) is 10.7. The second-order valence-electron chi connectivity index (χ2n) is 5.87. The van der Waals surface area contributed by atoms with E-state index in [-0.39, 0.29) is 0 Å². The van der Waals surface area contributed by atoms with Gasteiger partial charge in [-0.3, -0.25) is 0 Å². The molecule has 116 valence electrons. The fourth-order valence-electron chi connectivity index (χ4n) is 2.79. The van der Waals surface area contributed by atoms with Crippen molar-refractivity contribution >= 4 is 0 Å². The molecule has 0 aliphatic heterocycles. The van der Waals surface area contributed by atoms with Crippen molar-refractivity contribution in [2.45, 2.75) is 32.6 Å². The Morgan fingerprint density at radius 3 is 1.48 bits per heavy atom. The molecule has 2 nitrogen and oxygen atoms in total. The minimum atomic E-state index is 0.874. The Kier molecular flexibility index (Phi) is 5.15. The smallest absolute Gasteiger partial charge is 0.125 e. The standard InChI is InChI=1S/C21H22N2/c1-17-22-20(14-12-18-8-4-2-5-9-18)16-21(23-17)15-13-19-10-6-3-7-11-19/h2-11,16H,12-15H2,1H3. The topological polar surface area (TPSA) is 25.8 Å². The molecule has 3 aromatic rings. The zero-order valence-electron chi connectivity index (χ0n) is 13.6. The molecule has 0 aliphatic carbocycles. The van der Waals surface area contributed by atoms with Gasteiger partial charge in [0.15, 0.2) is 0 Å². The van der Waals surface area contributed by atoms with E-state index in [4.69, 9.17) is 0 Å². The van der Waals surface area contributed by atoms with Crippen molar-refractivity contribution in [3.8, 4) is 0 Å². The quantitative estimate of drug-likeness (QED) is 0.676. The van der Waals surface area contributed by atoms with Crippen molar-refractivity contribution in [3.05, 3.63) is 95.1 Å². The highest BCUT2D eigenvalue weighted by Crippen LogP contribution is 2.10. The third-order valence-corrected chi connectivity index (χ3v) is 3.97. The summed E-state index contributed by atoms with van der Waals surface area (Å²) in [5, 5.41) is 0. The Bertz CT molecular complexity index is 675. The highest BCUT2D eigenvalue weighted by Gasteiger charge is 2.04. The van der Waals surface area contributed by atoms with Gasteiger partial charge >= 0.3 is 0 Å². The maximum absolute atomic E-state index is 4.59. The number of aryl methyl sites for hydroxylation is 5. The molecule has 1 aromatic heterocycles. The lowest BCUT2D eigenvalue weighted by Crippen LogP contribution is -2.03. The molecule has 0 N–H and O–H groups in total. The first-order chi connectivity index (χ1) is 11.3. The number of hydrogen-bond acceptors (Lipinski definition) is 2. The highest BCUT2D eigenvalue weighted by molar-refractivity contribution is 5.20. The second kappa shape index (κ2) is 7.68. The van der Waals surface area contributed by atoms with Crippen molar-refractivity contribution in [2.75, 3.05) is 0 Å². The lowest BCUT2D eigenvalue weighted by molar-refractivity contribution is 0.830. The monoisotopic (exact) mass is 302 g/mol. The van der Waals surface area contributed by atoms with Gasteiger partial charge in [0.25, 0.3) is 0 Å². The molecule has 0 fully saturated rings. The minimum absolute atomic E-state index is 0.874. The lowest BCUT2D eigenvalue weighted by atomic mass is 10.1. The molecule has 1 heterocycles. The van der Waals surface area contributed by atoms with Crippen molar-refractivity contribution in [3.63, 3.8) is 0 Å². The number of benzene rings is 2. The van der Waals surface area contributed by atoms with Gasteiger partial charge in [-0.05, 0) is 49.8 Å². The number of hydrogen-bond donors (Lipinski definition) is 0. The highest BCUT2D eigenvalue weighted by atomic mass is 14.9. The summed E-state index contributed by atoms with van der Waals surface area (Å²) in [5.74, 6) is 0.874. The molecule has 0 saturated heterocycles. The molecule has 2 heteroatoms. The summed E-state index contributed by atoms with van der Waals surface area (Å²) in [6, 6.07) is 23.3. The first-order valence-electron chi connectivity index (χ1n) is 8.21. The van der Waals surface area contributed by atoms with Crippen LogP contribution in [0.5, 0.6) is 0 Å². The summed E-state index contributed by atoms with van der Waals surface area (Å²) in [6.07, 6.45) is 3.97. The van der Waals surface area contributed by atoms with Crippen LogP contribution in [0.4, 0.5) is 0 Å². The van der Waals surface area contributed by atoms with E-state index in [1.165, 1.54) is 11.1 Å². The molecule has 0 amide bonds. The van der Waals surface area contributed by atoms with Crippen LogP contribution in [0.3, 0.4) is 0 Å². The molecule has 0 atom stereocenters. The second-order valence-corrected chi connectivity index (χ2v) is 5.87. The molecule has 0 radical (unpaired) electrons. The molecule has 0 saturated carbocycles. The molecule has 0 aliphatic rings. The Morgan fingerprint density at radius 2 is 1.04 bits per heavy atom. The van der Waals surface area contributed by atoms with E-state index in [2.05, 4.69) is 76.7 Å². The molecular formula is C21H22N2. The predicted molar refractivity (Wildman–Crippen MR) is 94.5 cm³/mol. The Labute approximate surface area is 138 Å². The summed E-state index contributed by atoms with van der Waals surface area (Å²) in [4.78, 5) is 9.19. The molecule has 0 unspecified atom stereocenters. The largest absolute Gasteiger partial charge is 0.238 e. The van der Waals surface area contributed by atoms with E-state index in [0.717, 1.165) is 42.9 Å². The lowest BCUT2D eigenvalue weighted by Gasteiger charge is -2.07. The zero-order valence-corrected chi connectivity index (χ0v) is 13.6. The van der Waals surface area contributed by atoms with Gasteiger partial charge < -0.3 is 0 Å². The first-order valence-corrected chi connectivity index (χ1v) is 8.21. The van der Waals surface area contributed by atoms with Crippen LogP contribution in [0, 0.1) is 6.92 Å². The van der Waals surface area contributed by atoms with Gasteiger partial charge in [-0.15, -0.1) is 0 Å². The van der Waals surface area contributed by atoms with Gasteiger partial charge in [-0.2, -0.15) is 0 Å². The van der Waals surface area contributed by atoms with Gasteiger partial charge in [-0.25, -0.2) is 9.97 Å². The van der Waals surface area contributed by atoms with Gasteiger partial charge in [0.2, 0.25) is 0 Å². The summed E-state index contributed by atoms with van der Waals surface area (Å²) in [5.41, 5.74) is 5.00. The Balaban J connectivity index is 1.64. The minimum Gasteiger partial charge on any atom is -0.238 e. The predicted octanol–water partition coefficient (Wildman–Crippen LogP) is 4.36. The molecule has 23 heavy (non-hydrogen) atoms. The van der Waals surface area contributed by atoms with Crippen LogP contribution in [0.1, 0.15) is 28.3 Å². The van der Waals surface area contributed by atoms with Gasteiger partial charge in [-0.1, -0.05) is 60.7 Å². The molecule has 0 bridgehead atoms. The summed E-state index contributed by atoms with van der Waals surface area (Å²) in [7, 11) is 0. The van der Waals surface area contributed by atoms with E-state index in [1.54, 1.807) is 0 Å². The van der Waals surface area contributed by atoms with Gasteiger partial charge in [0, 0.05) is 11.4 Å². The molecular weight excluding hydrogens is 280 g/mol. The summed E-state index contributed by atoms with van der Waals surface area (Å²) < 4.78 is 0. The van der Waals surface area contributed by atoms with E-state index in [1.807, 2.05) is 6.92 Å². The first kappa shape index (κ1) is 15.4. The van der Waals surface area contributed by atoms with Gasteiger partial charge in [0.05, 0.1) is 0 Å². The van der Waals surface area contributed by atoms with E-state index in [0.29, 0.717) is 0 Å². The molecule has 0 spiro atoms. The van der Waals surface area contributed by atoms with Crippen molar-refractivity contribution < 1.29 is 0 Å². The fourth-order valence-corrected chi connectivity index (χ4v) is 2.79. The van der Waals surface area contributed by atoms with Crippen molar-refractivity contribution in [2.24, 2.45) is 0 Å². The number of rotatable bonds is 6. The summed E-state index contributed by atoms with van der Waals surface area (Å²) in [6.45, 7) is 1.98.